The second kappa shape index (κ2) is 6.33. The van der Waals surface area contributed by atoms with Crippen molar-refractivity contribution in [1.82, 2.24) is 9.97 Å². The molecular weight excluding hydrogens is 340 g/mol. The highest BCUT2D eigenvalue weighted by Crippen LogP contribution is 2.35. The predicted molar refractivity (Wildman–Crippen MR) is 92.8 cm³/mol. The number of anilines is 1. The van der Waals surface area contributed by atoms with E-state index in [2.05, 4.69) is 15.3 Å². The second-order valence-corrected chi connectivity index (χ2v) is 6.13. The molecule has 0 unspecified atom stereocenters. The molecule has 0 spiro atoms. The van der Waals surface area contributed by atoms with E-state index in [0.29, 0.717) is 28.2 Å². The fourth-order valence-electron chi connectivity index (χ4n) is 2.80. The number of fused-ring (bicyclic) bond motifs is 1. The first-order valence-electron chi connectivity index (χ1n) is 8.17. The van der Waals surface area contributed by atoms with Crippen molar-refractivity contribution in [2.75, 3.05) is 12.4 Å². The standard InChI is InChI=1S/C19H15F2N3O2/c1-26-14-8-7-12(11-3-2-4-13(20)16(11)21)17-18(14)23-15(9-22-17)24-19(25)10-5-6-10/h2-4,7-10H,5-6H2,1H3,(H,23,24,25). The molecule has 1 amide bonds. The molecule has 0 bridgehead atoms. The summed E-state index contributed by atoms with van der Waals surface area (Å²) in [6, 6.07) is 7.19. The molecule has 2 aromatic carbocycles. The second-order valence-electron chi connectivity index (χ2n) is 6.13. The van der Waals surface area contributed by atoms with Gasteiger partial charge in [0.1, 0.15) is 16.8 Å². The molecular formula is C19H15F2N3O2. The molecule has 7 heteroatoms. The normalized spacial score (nSPS) is 13.7. The number of methoxy groups -OCH3 is 1. The van der Waals surface area contributed by atoms with Crippen LogP contribution >= 0.6 is 0 Å². The molecule has 1 aliphatic rings. The largest absolute Gasteiger partial charge is 0.494 e. The maximum Gasteiger partial charge on any atom is 0.228 e. The van der Waals surface area contributed by atoms with Gasteiger partial charge in [-0.3, -0.25) is 4.79 Å². The zero-order valence-corrected chi connectivity index (χ0v) is 13.9. The van der Waals surface area contributed by atoms with E-state index in [4.69, 9.17) is 4.74 Å². The van der Waals surface area contributed by atoms with Gasteiger partial charge < -0.3 is 10.1 Å². The lowest BCUT2D eigenvalue weighted by Crippen LogP contribution is -2.14. The van der Waals surface area contributed by atoms with Crippen LogP contribution in [0.5, 0.6) is 5.75 Å². The Balaban J connectivity index is 1.85. The van der Waals surface area contributed by atoms with Gasteiger partial charge in [-0.15, -0.1) is 0 Å². The van der Waals surface area contributed by atoms with Crippen molar-refractivity contribution >= 4 is 22.8 Å². The van der Waals surface area contributed by atoms with Crippen LogP contribution in [0.2, 0.25) is 0 Å². The van der Waals surface area contributed by atoms with Crippen molar-refractivity contribution in [3.8, 4) is 16.9 Å². The van der Waals surface area contributed by atoms with Gasteiger partial charge in [-0.2, -0.15) is 0 Å². The van der Waals surface area contributed by atoms with E-state index < -0.39 is 11.6 Å². The van der Waals surface area contributed by atoms with Crippen molar-refractivity contribution in [3.05, 3.63) is 48.2 Å². The third-order valence-corrected chi connectivity index (χ3v) is 4.32. The molecule has 0 atom stereocenters. The van der Waals surface area contributed by atoms with Gasteiger partial charge in [-0.1, -0.05) is 12.1 Å². The van der Waals surface area contributed by atoms with E-state index in [1.165, 1.54) is 25.4 Å². The first kappa shape index (κ1) is 16.4. The molecule has 1 aliphatic carbocycles. The van der Waals surface area contributed by atoms with Crippen LogP contribution in [0.4, 0.5) is 14.6 Å². The van der Waals surface area contributed by atoms with Crippen LogP contribution in [-0.2, 0) is 4.79 Å². The van der Waals surface area contributed by atoms with E-state index in [1.54, 1.807) is 12.1 Å². The van der Waals surface area contributed by atoms with E-state index in [9.17, 15) is 13.6 Å². The Morgan fingerprint density at radius 1 is 1.15 bits per heavy atom. The first-order chi connectivity index (χ1) is 12.6. The summed E-state index contributed by atoms with van der Waals surface area (Å²) < 4.78 is 33.2. The first-order valence-corrected chi connectivity index (χ1v) is 8.17. The Kier molecular flexibility index (Phi) is 3.99. The van der Waals surface area contributed by atoms with E-state index in [0.717, 1.165) is 18.9 Å². The van der Waals surface area contributed by atoms with Gasteiger partial charge in [0, 0.05) is 17.0 Å². The average molecular weight is 355 g/mol. The Morgan fingerprint density at radius 3 is 2.69 bits per heavy atom. The fraction of sp³-hybridized carbons (Fsp3) is 0.211. The number of carbonyl (C=O) groups is 1. The van der Waals surface area contributed by atoms with Crippen LogP contribution in [0.3, 0.4) is 0 Å². The summed E-state index contributed by atoms with van der Waals surface area (Å²) in [7, 11) is 1.48. The van der Waals surface area contributed by atoms with Crippen LogP contribution in [0.1, 0.15) is 12.8 Å². The van der Waals surface area contributed by atoms with E-state index in [1.807, 2.05) is 0 Å². The number of nitrogens with zero attached hydrogens (tertiary/aromatic N) is 2. The summed E-state index contributed by atoms with van der Waals surface area (Å²) in [6.45, 7) is 0. The lowest BCUT2D eigenvalue weighted by molar-refractivity contribution is -0.117. The predicted octanol–water partition coefficient (Wildman–Crippen LogP) is 3.93. The highest BCUT2D eigenvalue weighted by Gasteiger charge is 2.30. The Hall–Kier alpha value is -3.09. The van der Waals surface area contributed by atoms with Crippen LogP contribution in [0.15, 0.2) is 36.5 Å². The van der Waals surface area contributed by atoms with E-state index >= 15 is 0 Å². The number of aromatic nitrogens is 2. The van der Waals surface area contributed by atoms with Crippen LogP contribution in [0, 0.1) is 17.6 Å². The smallest absolute Gasteiger partial charge is 0.228 e. The summed E-state index contributed by atoms with van der Waals surface area (Å²) in [4.78, 5) is 20.7. The summed E-state index contributed by atoms with van der Waals surface area (Å²) in [5.41, 5.74) is 1.20. The highest BCUT2D eigenvalue weighted by molar-refractivity contribution is 5.98. The number of ether oxygens (including phenoxy) is 1. The van der Waals surface area contributed by atoms with Crippen molar-refractivity contribution < 1.29 is 18.3 Å². The van der Waals surface area contributed by atoms with Gasteiger partial charge in [-0.05, 0) is 31.0 Å². The van der Waals surface area contributed by atoms with Crippen LogP contribution in [-0.4, -0.2) is 23.0 Å². The molecule has 1 heterocycles. The van der Waals surface area contributed by atoms with Gasteiger partial charge in [0.15, 0.2) is 17.5 Å². The molecule has 1 N–H and O–H groups in total. The van der Waals surface area contributed by atoms with Crippen molar-refractivity contribution in [1.29, 1.82) is 0 Å². The topological polar surface area (TPSA) is 64.1 Å². The fourth-order valence-corrected chi connectivity index (χ4v) is 2.80. The van der Waals surface area contributed by atoms with Gasteiger partial charge >= 0.3 is 0 Å². The summed E-state index contributed by atoms with van der Waals surface area (Å²) >= 11 is 0. The minimum absolute atomic E-state index is 0.0297. The van der Waals surface area contributed by atoms with E-state index in [-0.39, 0.29) is 17.4 Å². The lowest BCUT2D eigenvalue weighted by Gasteiger charge is -2.12. The SMILES string of the molecule is COc1ccc(-c2cccc(F)c2F)c2ncc(NC(=O)C3CC3)nc12. The molecule has 1 saturated carbocycles. The summed E-state index contributed by atoms with van der Waals surface area (Å²) in [5, 5.41) is 2.72. The van der Waals surface area contributed by atoms with Gasteiger partial charge in [0.25, 0.3) is 0 Å². The number of nitrogens with one attached hydrogen (secondary N) is 1. The van der Waals surface area contributed by atoms with Gasteiger partial charge in [-0.25, -0.2) is 18.7 Å². The molecule has 3 aromatic rings. The number of hydrogen-bond donors (Lipinski definition) is 1. The van der Waals surface area contributed by atoms with Gasteiger partial charge in [0.05, 0.1) is 13.3 Å². The Bertz CT molecular complexity index is 1020. The molecule has 5 nitrogen and oxygen atoms in total. The van der Waals surface area contributed by atoms with Gasteiger partial charge in [0.2, 0.25) is 5.91 Å². The Morgan fingerprint density at radius 2 is 1.96 bits per heavy atom. The number of benzene rings is 2. The quantitative estimate of drug-likeness (QED) is 0.770. The maximum absolute atomic E-state index is 14.2. The average Bonchev–Trinajstić information content (AvgIpc) is 3.48. The third kappa shape index (κ3) is 2.85. The number of rotatable bonds is 4. The molecule has 0 radical (unpaired) electrons. The molecule has 4 rings (SSSR count). The van der Waals surface area contributed by atoms with Crippen LogP contribution in [0.25, 0.3) is 22.2 Å². The lowest BCUT2D eigenvalue weighted by atomic mass is 10.0. The molecule has 1 fully saturated rings. The van der Waals surface area contributed by atoms with Crippen LogP contribution < -0.4 is 10.1 Å². The number of hydrogen-bond acceptors (Lipinski definition) is 4. The molecule has 0 saturated heterocycles. The minimum Gasteiger partial charge on any atom is -0.494 e. The minimum atomic E-state index is -0.952. The zero-order valence-electron chi connectivity index (χ0n) is 13.9. The van der Waals surface area contributed by atoms with Crippen molar-refractivity contribution in [2.45, 2.75) is 12.8 Å². The number of halogens is 2. The highest BCUT2D eigenvalue weighted by atomic mass is 19.2. The summed E-state index contributed by atoms with van der Waals surface area (Å²) in [5.74, 6) is -1.23. The number of amides is 1. The Labute approximate surface area is 148 Å². The molecule has 26 heavy (non-hydrogen) atoms. The van der Waals surface area contributed by atoms with Crippen molar-refractivity contribution in [2.24, 2.45) is 5.92 Å². The third-order valence-electron chi connectivity index (χ3n) is 4.32. The van der Waals surface area contributed by atoms with Crippen molar-refractivity contribution in [3.63, 3.8) is 0 Å². The molecule has 132 valence electrons. The number of carbonyl (C=O) groups excluding carboxylic acids is 1. The monoisotopic (exact) mass is 355 g/mol. The molecule has 1 aromatic heterocycles. The molecule has 0 aliphatic heterocycles. The maximum atomic E-state index is 14.2. The zero-order chi connectivity index (χ0) is 18.3. The summed E-state index contributed by atoms with van der Waals surface area (Å²) in [6.07, 6.45) is 3.15.